The van der Waals surface area contributed by atoms with E-state index in [1.54, 1.807) is 6.20 Å². The standard InChI is InChI=1S/C9H12N2OS/c13-9-10-4-1-8(11-9)7-2-5-12-6-3-7/h1,4,7H,2-3,5-6H2,(H,10,11,13). The summed E-state index contributed by atoms with van der Waals surface area (Å²) in [7, 11) is 0. The second-order valence-corrected chi connectivity index (χ2v) is 3.60. The van der Waals surface area contributed by atoms with Crippen molar-refractivity contribution in [1.82, 2.24) is 9.97 Å². The summed E-state index contributed by atoms with van der Waals surface area (Å²) in [5.74, 6) is 0.568. The Morgan fingerprint density at radius 1 is 1.46 bits per heavy atom. The van der Waals surface area contributed by atoms with Crippen LogP contribution in [0.25, 0.3) is 0 Å². The summed E-state index contributed by atoms with van der Waals surface area (Å²) in [5, 5.41) is 0. The molecule has 1 aromatic heterocycles. The maximum Gasteiger partial charge on any atom is 0.196 e. The molecule has 0 bridgehead atoms. The van der Waals surface area contributed by atoms with Gasteiger partial charge in [0.15, 0.2) is 4.77 Å². The molecule has 0 spiro atoms. The van der Waals surface area contributed by atoms with Crippen LogP contribution < -0.4 is 0 Å². The molecule has 0 unspecified atom stereocenters. The minimum Gasteiger partial charge on any atom is -0.381 e. The van der Waals surface area contributed by atoms with E-state index in [1.807, 2.05) is 6.07 Å². The van der Waals surface area contributed by atoms with E-state index >= 15 is 0 Å². The monoisotopic (exact) mass is 196 g/mol. The van der Waals surface area contributed by atoms with Crippen molar-refractivity contribution in [1.29, 1.82) is 0 Å². The Balaban J connectivity index is 2.19. The summed E-state index contributed by atoms with van der Waals surface area (Å²) >= 11 is 4.97. The summed E-state index contributed by atoms with van der Waals surface area (Å²) in [6, 6.07) is 2.01. The Kier molecular flexibility index (Phi) is 2.71. The normalized spacial score (nSPS) is 18.8. The lowest BCUT2D eigenvalue weighted by Gasteiger charge is -2.21. The fraction of sp³-hybridized carbons (Fsp3) is 0.556. The molecule has 0 radical (unpaired) electrons. The lowest BCUT2D eigenvalue weighted by molar-refractivity contribution is 0.0844. The number of aromatic nitrogens is 2. The zero-order chi connectivity index (χ0) is 9.10. The van der Waals surface area contributed by atoms with Crippen molar-refractivity contribution >= 4 is 12.2 Å². The smallest absolute Gasteiger partial charge is 0.196 e. The number of H-pyrrole nitrogens is 1. The van der Waals surface area contributed by atoms with E-state index in [0.29, 0.717) is 10.7 Å². The number of nitrogens with one attached hydrogen (secondary N) is 1. The Hall–Kier alpha value is -0.740. The average molecular weight is 196 g/mol. The second-order valence-electron chi connectivity index (χ2n) is 3.22. The van der Waals surface area contributed by atoms with Crippen LogP contribution in [0.15, 0.2) is 12.3 Å². The fourth-order valence-electron chi connectivity index (χ4n) is 1.63. The molecule has 1 aromatic rings. The van der Waals surface area contributed by atoms with E-state index in [9.17, 15) is 0 Å². The third kappa shape index (κ3) is 2.14. The first-order valence-electron chi connectivity index (χ1n) is 4.49. The van der Waals surface area contributed by atoms with E-state index in [-0.39, 0.29) is 0 Å². The van der Waals surface area contributed by atoms with Crippen molar-refractivity contribution in [3.8, 4) is 0 Å². The van der Waals surface area contributed by atoms with Gasteiger partial charge >= 0.3 is 0 Å². The molecule has 0 atom stereocenters. The Morgan fingerprint density at radius 3 is 2.92 bits per heavy atom. The highest BCUT2D eigenvalue weighted by molar-refractivity contribution is 7.71. The van der Waals surface area contributed by atoms with Crippen molar-refractivity contribution in [2.45, 2.75) is 18.8 Å². The van der Waals surface area contributed by atoms with Crippen LogP contribution in [0.4, 0.5) is 0 Å². The van der Waals surface area contributed by atoms with Gasteiger partial charge in [0.25, 0.3) is 0 Å². The first kappa shape index (κ1) is 8.84. The van der Waals surface area contributed by atoms with Gasteiger partial charge in [0.2, 0.25) is 0 Å². The molecule has 1 aliphatic rings. The zero-order valence-corrected chi connectivity index (χ0v) is 8.14. The van der Waals surface area contributed by atoms with Crippen molar-refractivity contribution in [2.75, 3.05) is 13.2 Å². The number of hydrogen-bond acceptors (Lipinski definition) is 3. The molecule has 2 rings (SSSR count). The molecule has 1 N–H and O–H groups in total. The molecular weight excluding hydrogens is 184 g/mol. The Bertz CT molecular complexity index is 330. The fourth-order valence-corrected chi connectivity index (χ4v) is 1.81. The van der Waals surface area contributed by atoms with E-state index in [4.69, 9.17) is 17.0 Å². The van der Waals surface area contributed by atoms with E-state index in [0.717, 1.165) is 26.1 Å². The van der Waals surface area contributed by atoms with Gasteiger partial charge in [-0.25, -0.2) is 4.98 Å². The van der Waals surface area contributed by atoms with E-state index in [2.05, 4.69) is 9.97 Å². The maximum atomic E-state index is 5.30. The lowest BCUT2D eigenvalue weighted by Crippen LogP contribution is -2.15. The van der Waals surface area contributed by atoms with Crippen LogP contribution in [0.3, 0.4) is 0 Å². The minimum atomic E-state index is 0.568. The van der Waals surface area contributed by atoms with Crippen LogP contribution in [0, 0.1) is 4.77 Å². The topological polar surface area (TPSA) is 37.9 Å². The molecule has 1 saturated heterocycles. The predicted octanol–water partition coefficient (Wildman–Crippen LogP) is 2.03. The van der Waals surface area contributed by atoms with Gasteiger partial charge in [-0.3, -0.25) is 0 Å². The van der Waals surface area contributed by atoms with Gasteiger partial charge in [0, 0.05) is 31.0 Å². The third-order valence-electron chi connectivity index (χ3n) is 2.36. The SMILES string of the molecule is S=c1nccc(C2CCOCC2)[nH]1. The highest BCUT2D eigenvalue weighted by Gasteiger charge is 2.15. The Morgan fingerprint density at radius 2 is 2.23 bits per heavy atom. The predicted molar refractivity (Wildman–Crippen MR) is 52.2 cm³/mol. The highest BCUT2D eigenvalue weighted by Crippen LogP contribution is 2.24. The zero-order valence-electron chi connectivity index (χ0n) is 7.32. The summed E-state index contributed by atoms with van der Waals surface area (Å²) in [5.41, 5.74) is 1.20. The molecule has 0 amide bonds. The van der Waals surface area contributed by atoms with Crippen LogP contribution in [-0.2, 0) is 4.74 Å². The van der Waals surface area contributed by atoms with E-state index in [1.165, 1.54) is 5.69 Å². The van der Waals surface area contributed by atoms with Crippen LogP contribution in [0.5, 0.6) is 0 Å². The molecule has 70 valence electrons. The maximum absolute atomic E-state index is 5.30. The molecule has 0 saturated carbocycles. The van der Waals surface area contributed by atoms with Gasteiger partial charge in [-0.2, -0.15) is 0 Å². The minimum absolute atomic E-state index is 0.568. The van der Waals surface area contributed by atoms with Gasteiger partial charge in [-0.15, -0.1) is 0 Å². The first-order valence-corrected chi connectivity index (χ1v) is 4.90. The van der Waals surface area contributed by atoms with Crippen molar-refractivity contribution in [2.24, 2.45) is 0 Å². The van der Waals surface area contributed by atoms with Crippen molar-refractivity contribution < 1.29 is 4.74 Å². The summed E-state index contributed by atoms with van der Waals surface area (Å²) in [4.78, 5) is 7.09. The number of hydrogen-bond donors (Lipinski definition) is 1. The molecular formula is C9H12N2OS. The van der Waals surface area contributed by atoms with Gasteiger partial charge in [-0.05, 0) is 31.1 Å². The van der Waals surface area contributed by atoms with Gasteiger partial charge < -0.3 is 9.72 Å². The van der Waals surface area contributed by atoms with Crippen LogP contribution in [-0.4, -0.2) is 23.2 Å². The molecule has 2 heterocycles. The second kappa shape index (κ2) is 3.98. The van der Waals surface area contributed by atoms with Gasteiger partial charge in [-0.1, -0.05) is 0 Å². The first-order chi connectivity index (χ1) is 6.36. The number of nitrogens with zero attached hydrogens (tertiary/aromatic N) is 1. The summed E-state index contributed by atoms with van der Waals surface area (Å²) < 4.78 is 5.87. The third-order valence-corrected chi connectivity index (χ3v) is 2.57. The largest absolute Gasteiger partial charge is 0.381 e. The highest BCUT2D eigenvalue weighted by atomic mass is 32.1. The molecule has 3 nitrogen and oxygen atoms in total. The lowest BCUT2D eigenvalue weighted by atomic mass is 9.96. The van der Waals surface area contributed by atoms with Crippen LogP contribution >= 0.6 is 12.2 Å². The summed E-state index contributed by atoms with van der Waals surface area (Å²) in [6.07, 6.45) is 3.92. The van der Waals surface area contributed by atoms with Crippen LogP contribution in [0.1, 0.15) is 24.5 Å². The van der Waals surface area contributed by atoms with Gasteiger partial charge in [0.05, 0.1) is 0 Å². The molecule has 13 heavy (non-hydrogen) atoms. The quantitative estimate of drug-likeness (QED) is 0.698. The van der Waals surface area contributed by atoms with Gasteiger partial charge in [0.1, 0.15) is 0 Å². The summed E-state index contributed by atoms with van der Waals surface area (Å²) in [6.45, 7) is 1.71. The molecule has 0 aromatic carbocycles. The molecule has 4 heteroatoms. The number of aromatic amines is 1. The molecule has 1 fully saturated rings. The van der Waals surface area contributed by atoms with Crippen molar-refractivity contribution in [3.63, 3.8) is 0 Å². The number of ether oxygens (including phenoxy) is 1. The Labute approximate surface area is 82.2 Å². The number of rotatable bonds is 1. The molecule has 1 aliphatic heterocycles. The van der Waals surface area contributed by atoms with Crippen LogP contribution in [0.2, 0.25) is 0 Å². The average Bonchev–Trinajstić information content (AvgIpc) is 2.19. The van der Waals surface area contributed by atoms with E-state index < -0.39 is 0 Å². The molecule has 0 aliphatic carbocycles. The van der Waals surface area contributed by atoms with Crippen molar-refractivity contribution in [3.05, 3.63) is 22.7 Å².